The molecule has 0 fully saturated rings. The van der Waals surface area contributed by atoms with E-state index in [4.69, 9.17) is 9.72 Å². The van der Waals surface area contributed by atoms with E-state index in [1.807, 2.05) is 25.1 Å². The number of alkyl halides is 3. The Hall–Kier alpha value is -4.66. The normalized spacial score (nSPS) is 12.1. The molecule has 6 nitrogen and oxygen atoms in total. The Morgan fingerprint density at radius 2 is 1.77 bits per heavy atom. The van der Waals surface area contributed by atoms with Crippen LogP contribution in [0.1, 0.15) is 42.1 Å². The molecule has 5 aromatic rings. The number of hydrogen-bond donors (Lipinski definition) is 0. The molecular weight excluding hydrogens is 517 g/mol. The molecule has 2 heterocycles. The minimum Gasteiger partial charge on any atom is -0.496 e. The summed E-state index contributed by atoms with van der Waals surface area (Å²) in [5.41, 5.74) is 2.74. The van der Waals surface area contributed by atoms with Crippen LogP contribution in [0, 0.1) is 6.92 Å². The van der Waals surface area contributed by atoms with Crippen molar-refractivity contribution < 1.29 is 17.9 Å². The van der Waals surface area contributed by atoms with Crippen LogP contribution < -0.4 is 10.3 Å². The van der Waals surface area contributed by atoms with Gasteiger partial charge in [-0.05, 0) is 78.6 Å². The summed E-state index contributed by atoms with van der Waals surface area (Å²) in [6.45, 7) is 6.02. The predicted octanol–water partition coefficient (Wildman–Crippen LogP) is 7.20. The monoisotopic (exact) mass is 544 g/mol. The second-order valence-electron chi connectivity index (χ2n) is 9.73. The number of ether oxygens (including phenoxy) is 1. The van der Waals surface area contributed by atoms with Crippen molar-refractivity contribution in [1.29, 1.82) is 0 Å². The second-order valence-corrected chi connectivity index (χ2v) is 9.73. The maximum atomic E-state index is 13.7. The van der Waals surface area contributed by atoms with Crippen LogP contribution in [-0.4, -0.2) is 27.6 Å². The van der Waals surface area contributed by atoms with Gasteiger partial charge in [0.25, 0.3) is 5.56 Å². The van der Waals surface area contributed by atoms with Gasteiger partial charge >= 0.3 is 6.18 Å². The van der Waals surface area contributed by atoms with Gasteiger partial charge in [0.05, 0.1) is 35.5 Å². The minimum absolute atomic E-state index is 0.147. The number of fused-ring (bicyclic) bond motifs is 1. The first-order valence-electron chi connectivity index (χ1n) is 12.7. The van der Waals surface area contributed by atoms with E-state index < -0.39 is 11.7 Å². The molecular formula is C31H27F3N4O2. The van der Waals surface area contributed by atoms with Gasteiger partial charge in [0, 0.05) is 17.4 Å². The Morgan fingerprint density at radius 3 is 2.50 bits per heavy atom. The van der Waals surface area contributed by atoms with Crippen LogP contribution in [0.5, 0.6) is 5.75 Å². The van der Waals surface area contributed by atoms with Crippen LogP contribution in [-0.2, 0) is 6.18 Å². The van der Waals surface area contributed by atoms with E-state index in [0.717, 1.165) is 34.6 Å². The first-order chi connectivity index (χ1) is 19.1. The molecule has 0 saturated carbocycles. The number of halogens is 3. The zero-order chi connectivity index (χ0) is 28.6. The first kappa shape index (κ1) is 26.9. The summed E-state index contributed by atoms with van der Waals surface area (Å²) in [4.78, 5) is 18.5. The molecule has 3 aromatic carbocycles. The SMILES string of the molecule is COc1cc(C)c(-c2nc3ccccc3c(=O)n2N=Cc2cccn2-c2cccc(C(F)(F)F)c2)cc1C(C)C. The number of rotatable bonds is 6. The third-order valence-electron chi connectivity index (χ3n) is 6.73. The van der Waals surface area contributed by atoms with Gasteiger partial charge in [0.15, 0.2) is 5.82 Å². The van der Waals surface area contributed by atoms with Crippen LogP contribution in [0.15, 0.2) is 88.9 Å². The predicted molar refractivity (Wildman–Crippen MR) is 151 cm³/mol. The highest BCUT2D eigenvalue weighted by molar-refractivity contribution is 5.82. The molecule has 0 amide bonds. The summed E-state index contributed by atoms with van der Waals surface area (Å²) in [5.74, 6) is 1.24. The maximum absolute atomic E-state index is 13.7. The van der Waals surface area contributed by atoms with E-state index in [9.17, 15) is 18.0 Å². The van der Waals surface area contributed by atoms with Crippen LogP contribution in [0.3, 0.4) is 0 Å². The van der Waals surface area contributed by atoms with Gasteiger partial charge in [0.2, 0.25) is 0 Å². The van der Waals surface area contributed by atoms with Gasteiger partial charge in [-0.2, -0.15) is 22.9 Å². The molecule has 0 aliphatic heterocycles. The smallest absolute Gasteiger partial charge is 0.416 e. The highest BCUT2D eigenvalue weighted by Crippen LogP contribution is 2.34. The van der Waals surface area contributed by atoms with Crippen LogP contribution >= 0.6 is 0 Å². The summed E-state index contributed by atoms with van der Waals surface area (Å²) in [7, 11) is 1.62. The van der Waals surface area contributed by atoms with Gasteiger partial charge < -0.3 is 9.30 Å². The van der Waals surface area contributed by atoms with Gasteiger partial charge in [-0.1, -0.05) is 32.0 Å². The highest BCUT2D eigenvalue weighted by Gasteiger charge is 2.30. The maximum Gasteiger partial charge on any atom is 0.416 e. The molecule has 0 bridgehead atoms. The Morgan fingerprint density at radius 1 is 1.00 bits per heavy atom. The number of hydrogen-bond acceptors (Lipinski definition) is 4. The summed E-state index contributed by atoms with van der Waals surface area (Å²) >= 11 is 0. The Balaban J connectivity index is 1.69. The standard InChI is InChI=1S/C31H27F3N4O2/c1-19(2)25-17-26(20(3)15-28(25)40-4)29-36-27-13-6-5-12-24(27)30(39)38(29)35-18-23-11-8-14-37(23)22-10-7-9-21(16-22)31(32,33)34/h5-19H,1-4H3. The van der Waals surface area contributed by atoms with Crippen LogP contribution in [0.25, 0.3) is 28.0 Å². The molecule has 204 valence electrons. The molecule has 0 N–H and O–H groups in total. The third-order valence-corrected chi connectivity index (χ3v) is 6.73. The fraction of sp³-hybridized carbons (Fsp3) is 0.194. The van der Waals surface area contributed by atoms with E-state index in [2.05, 4.69) is 18.9 Å². The molecule has 0 atom stereocenters. The molecule has 40 heavy (non-hydrogen) atoms. The van der Waals surface area contributed by atoms with E-state index in [0.29, 0.717) is 28.1 Å². The Bertz CT molecular complexity index is 1800. The number of methoxy groups -OCH3 is 1. The van der Waals surface area contributed by atoms with Crippen molar-refractivity contribution in [1.82, 2.24) is 14.2 Å². The number of aryl methyl sites for hydroxylation is 1. The zero-order valence-corrected chi connectivity index (χ0v) is 22.4. The fourth-order valence-corrected chi connectivity index (χ4v) is 4.66. The number of aromatic nitrogens is 3. The van der Waals surface area contributed by atoms with Crippen LogP contribution in [0.2, 0.25) is 0 Å². The molecule has 0 radical (unpaired) electrons. The van der Waals surface area contributed by atoms with Gasteiger partial charge in [-0.3, -0.25) is 4.79 Å². The lowest BCUT2D eigenvalue weighted by molar-refractivity contribution is -0.137. The molecule has 0 saturated heterocycles. The molecule has 5 rings (SSSR count). The van der Waals surface area contributed by atoms with E-state index >= 15 is 0 Å². The molecule has 0 aliphatic carbocycles. The largest absolute Gasteiger partial charge is 0.496 e. The minimum atomic E-state index is -4.47. The third kappa shape index (κ3) is 5.02. The number of nitrogens with zero attached hydrogens (tertiary/aromatic N) is 4. The number of benzene rings is 3. The Labute approximate surface area is 229 Å². The molecule has 0 aliphatic rings. The lowest BCUT2D eigenvalue weighted by Gasteiger charge is -2.17. The molecule has 0 unspecified atom stereocenters. The van der Waals surface area contributed by atoms with Crippen molar-refractivity contribution in [3.05, 3.63) is 112 Å². The summed E-state index contributed by atoms with van der Waals surface area (Å²) < 4.78 is 48.4. The lowest BCUT2D eigenvalue weighted by atomic mass is 9.96. The van der Waals surface area contributed by atoms with Gasteiger partial charge in [-0.25, -0.2) is 4.98 Å². The molecule has 2 aromatic heterocycles. The molecule has 0 spiro atoms. The van der Waals surface area contributed by atoms with Crippen molar-refractivity contribution in [2.75, 3.05) is 7.11 Å². The van der Waals surface area contributed by atoms with Crippen molar-refractivity contribution >= 4 is 17.1 Å². The quantitative estimate of drug-likeness (QED) is 0.213. The van der Waals surface area contributed by atoms with E-state index in [1.165, 1.54) is 17.0 Å². The van der Waals surface area contributed by atoms with Crippen molar-refractivity contribution in [2.45, 2.75) is 32.9 Å². The average Bonchev–Trinajstić information content (AvgIpc) is 3.40. The summed E-state index contributed by atoms with van der Waals surface area (Å²) in [6, 6.07) is 19.3. The second kappa shape index (κ2) is 10.5. The molecule has 9 heteroatoms. The first-order valence-corrected chi connectivity index (χ1v) is 12.7. The van der Waals surface area contributed by atoms with E-state index in [-0.39, 0.29) is 11.5 Å². The average molecular weight is 545 g/mol. The van der Waals surface area contributed by atoms with E-state index in [1.54, 1.807) is 54.3 Å². The lowest BCUT2D eigenvalue weighted by Crippen LogP contribution is -2.21. The van der Waals surface area contributed by atoms with Crippen molar-refractivity contribution in [2.24, 2.45) is 5.10 Å². The summed E-state index contributed by atoms with van der Waals surface area (Å²) in [6.07, 6.45) is -1.38. The highest BCUT2D eigenvalue weighted by atomic mass is 19.4. The topological polar surface area (TPSA) is 61.4 Å². The summed E-state index contributed by atoms with van der Waals surface area (Å²) in [5, 5.41) is 4.93. The van der Waals surface area contributed by atoms with Crippen LogP contribution in [0.4, 0.5) is 13.2 Å². The Kier molecular flexibility index (Phi) is 7.06. The zero-order valence-electron chi connectivity index (χ0n) is 22.4. The number of para-hydroxylation sites is 1. The van der Waals surface area contributed by atoms with Gasteiger partial charge in [-0.15, -0.1) is 0 Å². The van der Waals surface area contributed by atoms with Crippen molar-refractivity contribution in [3.8, 4) is 22.8 Å². The van der Waals surface area contributed by atoms with Crippen molar-refractivity contribution in [3.63, 3.8) is 0 Å². The van der Waals surface area contributed by atoms with Gasteiger partial charge in [0.1, 0.15) is 5.75 Å². The fourth-order valence-electron chi connectivity index (χ4n) is 4.66.